The van der Waals surface area contributed by atoms with Crippen molar-refractivity contribution in [3.8, 4) is 11.1 Å². The van der Waals surface area contributed by atoms with Crippen molar-refractivity contribution in [3.63, 3.8) is 0 Å². The normalized spacial score (nSPS) is 21.2. The second kappa shape index (κ2) is 7.30. The lowest BCUT2D eigenvalue weighted by atomic mass is 9.95. The molecule has 148 valence electrons. The zero-order chi connectivity index (χ0) is 20.0. The van der Waals surface area contributed by atoms with Crippen molar-refractivity contribution in [2.24, 2.45) is 0 Å². The van der Waals surface area contributed by atoms with E-state index >= 15 is 0 Å². The van der Waals surface area contributed by atoms with Crippen LogP contribution in [0, 0.1) is 0 Å². The van der Waals surface area contributed by atoms with Gasteiger partial charge in [0, 0.05) is 0 Å². The Hall–Kier alpha value is -2.10. The third-order valence-corrected chi connectivity index (χ3v) is 9.74. The maximum absolute atomic E-state index is 13.8. The van der Waals surface area contributed by atoms with Gasteiger partial charge in [-0.25, -0.2) is 0 Å². The van der Waals surface area contributed by atoms with Gasteiger partial charge in [-0.05, 0) is 70.9 Å². The molecular formula is C26H30NOSi+. The highest BCUT2D eigenvalue weighted by Crippen LogP contribution is 2.31. The molecule has 0 saturated heterocycles. The van der Waals surface area contributed by atoms with Crippen LogP contribution in [-0.4, -0.2) is 33.1 Å². The van der Waals surface area contributed by atoms with Crippen LogP contribution in [-0.2, 0) is 10.9 Å². The second-order valence-corrected chi connectivity index (χ2v) is 11.8. The fourth-order valence-corrected chi connectivity index (χ4v) is 7.45. The Morgan fingerprint density at radius 3 is 2.72 bits per heavy atom. The fraction of sp³-hybridized carbons (Fsp3) is 0.385. The first-order chi connectivity index (χ1) is 14.1. The third-order valence-electron chi connectivity index (χ3n) is 7.31. The average molecular weight is 401 g/mol. The van der Waals surface area contributed by atoms with E-state index in [1.54, 1.807) is 0 Å². The summed E-state index contributed by atoms with van der Waals surface area (Å²) in [7, 11) is 2.54. The van der Waals surface area contributed by atoms with Crippen molar-refractivity contribution in [2.45, 2.75) is 50.1 Å². The van der Waals surface area contributed by atoms with Gasteiger partial charge < -0.3 is 8.61 Å². The van der Waals surface area contributed by atoms with Gasteiger partial charge in [-0.3, -0.25) is 0 Å². The molecule has 0 aromatic rings. The van der Waals surface area contributed by atoms with Crippen LogP contribution in [0.2, 0.25) is 5.54 Å². The Morgan fingerprint density at radius 1 is 1.07 bits per heavy atom. The summed E-state index contributed by atoms with van der Waals surface area (Å²) in [6.45, 7) is 0. The largest absolute Gasteiger partial charge is 0.564 e. The van der Waals surface area contributed by atoms with Crippen LogP contribution in [0.25, 0.3) is 29.4 Å². The molecule has 1 unspecified atom stereocenters. The minimum atomic E-state index is -1.87. The first-order valence-electron chi connectivity index (χ1n) is 11.1. The zero-order valence-electron chi connectivity index (χ0n) is 17.5. The van der Waals surface area contributed by atoms with E-state index in [0.717, 1.165) is 6.42 Å². The minimum Gasteiger partial charge on any atom is -0.330 e. The summed E-state index contributed by atoms with van der Waals surface area (Å²) < 4.78 is 14.5. The van der Waals surface area contributed by atoms with E-state index < -0.39 is 8.84 Å². The molecule has 3 heteroatoms. The minimum absolute atomic E-state index is 0.0315. The van der Waals surface area contributed by atoms with Gasteiger partial charge in [-0.1, -0.05) is 61.1 Å². The van der Waals surface area contributed by atoms with E-state index in [-0.39, 0.29) is 5.54 Å². The van der Waals surface area contributed by atoms with Crippen LogP contribution in [0.1, 0.15) is 43.2 Å². The number of fused-ring (bicyclic) bond motifs is 5. The lowest BCUT2D eigenvalue weighted by molar-refractivity contribution is -0.816. The molecule has 0 bridgehead atoms. The second-order valence-electron chi connectivity index (χ2n) is 9.32. The topological polar surface area (TPSA) is 17.1 Å². The Kier molecular flexibility index (Phi) is 4.76. The van der Waals surface area contributed by atoms with Gasteiger partial charge in [0.1, 0.15) is 0 Å². The SMILES string of the molecule is C[N+](C)(C1CCCCC1)[Si](=O)C1C=Cc2cccc3c4c(cc-3c2=C1)=CC=CC4. The molecule has 2 nitrogen and oxygen atoms in total. The van der Waals surface area contributed by atoms with Crippen molar-refractivity contribution >= 4 is 27.1 Å². The summed E-state index contributed by atoms with van der Waals surface area (Å²) in [5, 5.41) is 2.60. The molecule has 29 heavy (non-hydrogen) atoms. The summed E-state index contributed by atoms with van der Waals surface area (Å²) in [5.74, 6) is 0. The lowest BCUT2D eigenvalue weighted by Gasteiger charge is -2.39. The van der Waals surface area contributed by atoms with Crippen LogP contribution in [0.15, 0.2) is 42.5 Å². The number of hydrogen-bond donors (Lipinski definition) is 0. The van der Waals surface area contributed by atoms with Crippen molar-refractivity contribution in [1.29, 1.82) is 0 Å². The monoisotopic (exact) mass is 400 g/mol. The Bertz CT molecular complexity index is 1120. The summed E-state index contributed by atoms with van der Waals surface area (Å²) in [6.07, 6.45) is 20.6. The van der Waals surface area contributed by atoms with Crippen molar-refractivity contribution in [2.75, 3.05) is 14.1 Å². The quantitative estimate of drug-likeness (QED) is 0.706. The van der Waals surface area contributed by atoms with Gasteiger partial charge in [0.15, 0.2) is 0 Å². The molecule has 1 atom stereocenters. The first-order valence-corrected chi connectivity index (χ1v) is 12.5. The van der Waals surface area contributed by atoms with Gasteiger partial charge in [0.2, 0.25) is 0 Å². The van der Waals surface area contributed by atoms with E-state index in [4.69, 9.17) is 0 Å². The highest BCUT2D eigenvalue weighted by atomic mass is 28.3. The van der Waals surface area contributed by atoms with E-state index in [1.807, 2.05) is 0 Å². The van der Waals surface area contributed by atoms with E-state index in [0.29, 0.717) is 10.2 Å². The predicted octanol–water partition coefficient (Wildman–Crippen LogP) is 4.19. The Labute approximate surface area is 175 Å². The maximum atomic E-state index is 13.8. The first kappa shape index (κ1) is 18.9. The highest BCUT2D eigenvalue weighted by molar-refractivity contribution is 6.40. The molecule has 0 aromatic heterocycles. The van der Waals surface area contributed by atoms with Gasteiger partial charge in [-0.15, -0.1) is 0 Å². The zero-order valence-corrected chi connectivity index (χ0v) is 18.5. The van der Waals surface area contributed by atoms with E-state index in [9.17, 15) is 4.46 Å². The molecule has 5 aliphatic rings. The van der Waals surface area contributed by atoms with Crippen molar-refractivity contribution < 1.29 is 8.61 Å². The van der Waals surface area contributed by atoms with Crippen LogP contribution >= 0.6 is 0 Å². The van der Waals surface area contributed by atoms with E-state index in [2.05, 4.69) is 74.8 Å². The summed E-state index contributed by atoms with van der Waals surface area (Å²) in [5.41, 5.74) is 5.34. The average Bonchev–Trinajstić information content (AvgIpc) is 3.03. The molecule has 1 fully saturated rings. The highest BCUT2D eigenvalue weighted by Gasteiger charge is 2.42. The molecule has 0 aliphatic heterocycles. The molecular weight excluding hydrogens is 370 g/mol. The number of allylic oxidation sites excluding steroid dienone is 3. The number of nitrogens with zero attached hydrogens (tertiary/aromatic N) is 1. The molecule has 0 spiro atoms. The van der Waals surface area contributed by atoms with Gasteiger partial charge in [-0.2, -0.15) is 0 Å². The molecule has 0 radical (unpaired) electrons. The third kappa shape index (κ3) is 3.21. The number of rotatable bonds is 3. The number of hydrogen-bond acceptors (Lipinski definition) is 1. The summed E-state index contributed by atoms with van der Waals surface area (Å²) in [6, 6.07) is 9.49. The number of quaternary nitrogens is 1. The van der Waals surface area contributed by atoms with Crippen LogP contribution in [0.5, 0.6) is 0 Å². The lowest BCUT2D eigenvalue weighted by Crippen LogP contribution is -2.56. The molecule has 1 saturated carbocycles. The van der Waals surface area contributed by atoms with Gasteiger partial charge >= 0.3 is 8.84 Å². The Morgan fingerprint density at radius 2 is 1.90 bits per heavy atom. The van der Waals surface area contributed by atoms with Crippen molar-refractivity contribution in [3.05, 3.63) is 64.1 Å². The molecule has 5 aliphatic carbocycles. The smallest absolute Gasteiger partial charge is 0.330 e. The van der Waals surface area contributed by atoms with Crippen LogP contribution in [0.4, 0.5) is 0 Å². The molecule has 0 N–H and O–H groups in total. The Balaban J connectivity index is 1.58. The summed E-state index contributed by atoms with van der Waals surface area (Å²) in [4.78, 5) is 0. The van der Waals surface area contributed by atoms with Crippen molar-refractivity contribution in [1.82, 2.24) is 0 Å². The maximum Gasteiger partial charge on any atom is 0.564 e. The molecule has 0 aromatic carbocycles. The predicted molar refractivity (Wildman–Crippen MR) is 122 cm³/mol. The van der Waals surface area contributed by atoms with Crippen LogP contribution in [0.3, 0.4) is 0 Å². The van der Waals surface area contributed by atoms with Crippen LogP contribution < -0.4 is 10.4 Å². The molecule has 0 amide bonds. The van der Waals surface area contributed by atoms with Gasteiger partial charge in [0.25, 0.3) is 0 Å². The van der Waals surface area contributed by atoms with Gasteiger partial charge in [0.05, 0.1) is 25.7 Å². The fourth-order valence-electron chi connectivity index (χ4n) is 5.50. The molecule has 0 heterocycles. The summed E-state index contributed by atoms with van der Waals surface area (Å²) >= 11 is 0. The standard InChI is InChI=1S/C26H30NOSi/c1-27(2,21-11-4-3-5-12-21)29(28)22-16-15-19-10-8-14-24-23-13-7-6-9-20(23)17-26(24)25(19)18-22/h6-10,14-18,21-22H,3-5,11-13H2,1-2H3/q+1. The molecule has 5 rings (SSSR count). The van der Waals surface area contributed by atoms with E-state index in [1.165, 1.54) is 64.8 Å².